The van der Waals surface area contributed by atoms with Gasteiger partial charge in [-0.05, 0) is 54.3 Å². The van der Waals surface area contributed by atoms with E-state index in [0.717, 1.165) is 31.1 Å². The van der Waals surface area contributed by atoms with E-state index >= 15 is 0 Å². The number of likely N-dealkylation sites (tertiary alicyclic amines) is 2. The fourth-order valence-corrected chi connectivity index (χ4v) is 4.94. The Morgan fingerprint density at radius 3 is 2.31 bits per heavy atom. The Balaban J connectivity index is 0.00000320. The van der Waals surface area contributed by atoms with Gasteiger partial charge in [0.05, 0.1) is 6.10 Å². The van der Waals surface area contributed by atoms with Gasteiger partial charge >= 0.3 is 6.03 Å². The first-order chi connectivity index (χ1) is 13.7. The van der Waals surface area contributed by atoms with Crippen LogP contribution in [0.25, 0.3) is 0 Å². The molecule has 0 spiro atoms. The molecule has 186 valence electrons. The SMILES string of the molecule is C.CC(C)[C@H](CN1CCC(c2ccc(Cl)cc2)C(C)(C)C1)NC(=O)N1CC[C@H](O)C1.O.O. The number of hydrogen-bond acceptors (Lipinski definition) is 3. The smallest absolute Gasteiger partial charge is 0.317 e. The molecule has 2 fully saturated rings. The largest absolute Gasteiger partial charge is 0.412 e. The highest BCUT2D eigenvalue weighted by atomic mass is 35.5. The van der Waals surface area contributed by atoms with E-state index in [0.29, 0.717) is 31.3 Å². The van der Waals surface area contributed by atoms with Crippen molar-refractivity contribution in [2.45, 2.75) is 66.0 Å². The summed E-state index contributed by atoms with van der Waals surface area (Å²) in [5, 5.41) is 13.7. The highest BCUT2D eigenvalue weighted by Crippen LogP contribution is 2.42. The zero-order chi connectivity index (χ0) is 21.2. The molecule has 3 atom stereocenters. The molecule has 6 N–H and O–H groups in total. The Hall–Kier alpha value is -1.38. The van der Waals surface area contributed by atoms with Crippen molar-refractivity contribution in [2.75, 3.05) is 32.7 Å². The van der Waals surface area contributed by atoms with Gasteiger partial charge in [-0.2, -0.15) is 0 Å². The number of amides is 2. The van der Waals surface area contributed by atoms with Crippen LogP contribution in [0.3, 0.4) is 0 Å². The minimum absolute atomic E-state index is 0. The van der Waals surface area contributed by atoms with E-state index in [-0.39, 0.29) is 42.0 Å². The zero-order valence-corrected chi connectivity index (χ0v) is 20.0. The Kier molecular flexibility index (Phi) is 12.2. The maximum Gasteiger partial charge on any atom is 0.317 e. The number of urea groups is 1. The molecule has 8 heteroatoms. The molecular formula is C24H44ClN3O4. The molecule has 32 heavy (non-hydrogen) atoms. The number of rotatable bonds is 5. The third-order valence-corrected chi connectivity index (χ3v) is 6.85. The van der Waals surface area contributed by atoms with Crippen LogP contribution in [0.4, 0.5) is 4.79 Å². The van der Waals surface area contributed by atoms with Gasteiger partial charge in [-0.3, -0.25) is 0 Å². The molecule has 1 unspecified atom stereocenters. The third-order valence-electron chi connectivity index (χ3n) is 6.60. The van der Waals surface area contributed by atoms with Crippen molar-refractivity contribution in [3.63, 3.8) is 0 Å². The van der Waals surface area contributed by atoms with Crippen LogP contribution < -0.4 is 5.32 Å². The van der Waals surface area contributed by atoms with Crippen molar-refractivity contribution in [3.8, 4) is 0 Å². The lowest BCUT2D eigenvalue weighted by Gasteiger charge is -2.46. The van der Waals surface area contributed by atoms with E-state index in [2.05, 4.69) is 50.0 Å². The summed E-state index contributed by atoms with van der Waals surface area (Å²) < 4.78 is 0. The lowest BCUT2D eigenvalue weighted by atomic mass is 9.70. The van der Waals surface area contributed by atoms with Crippen LogP contribution in [0, 0.1) is 11.3 Å². The van der Waals surface area contributed by atoms with Crippen LogP contribution in [0.2, 0.25) is 5.02 Å². The summed E-state index contributed by atoms with van der Waals surface area (Å²) in [6.45, 7) is 13.0. The van der Waals surface area contributed by atoms with Crippen LogP contribution in [0.15, 0.2) is 24.3 Å². The maximum atomic E-state index is 12.6. The van der Waals surface area contributed by atoms with Crippen molar-refractivity contribution < 1.29 is 20.9 Å². The zero-order valence-electron chi connectivity index (χ0n) is 19.2. The second-order valence-corrected chi connectivity index (χ2v) is 10.2. The van der Waals surface area contributed by atoms with Crippen LogP contribution in [-0.4, -0.2) is 76.8 Å². The highest BCUT2D eigenvalue weighted by Gasteiger charge is 2.38. The number of halogens is 1. The Labute approximate surface area is 198 Å². The van der Waals surface area contributed by atoms with E-state index in [1.54, 1.807) is 4.90 Å². The molecule has 2 heterocycles. The van der Waals surface area contributed by atoms with Crippen molar-refractivity contribution >= 4 is 17.6 Å². The lowest BCUT2D eigenvalue weighted by molar-refractivity contribution is 0.0794. The van der Waals surface area contributed by atoms with Gasteiger partial charge in [0.15, 0.2) is 0 Å². The van der Waals surface area contributed by atoms with Crippen molar-refractivity contribution in [3.05, 3.63) is 34.9 Å². The third kappa shape index (κ3) is 7.59. The monoisotopic (exact) mass is 473 g/mol. The van der Waals surface area contributed by atoms with Crippen molar-refractivity contribution in [1.29, 1.82) is 0 Å². The van der Waals surface area contributed by atoms with Gasteiger partial charge in [-0.1, -0.05) is 58.9 Å². The average Bonchev–Trinajstić information content (AvgIpc) is 3.08. The number of piperidine rings is 1. The summed E-state index contributed by atoms with van der Waals surface area (Å²) >= 11 is 6.07. The molecule has 0 bridgehead atoms. The van der Waals surface area contributed by atoms with Crippen LogP contribution >= 0.6 is 11.6 Å². The number of nitrogens with zero attached hydrogens (tertiary/aromatic N) is 2. The number of nitrogens with one attached hydrogen (secondary N) is 1. The standard InChI is InChI=1S/C23H36ClN3O2.CH4.2H2O/c1-16(2)21(25-22(29)27-12-9-19(28)13-27)14-26-11-10-20(23(3,4)15-26)17-5-7-18(24)8-6-17;;;/h5-8,16,19-21,28H,9-15H2,1-4H3,(H,25,29);1H4;2*1H2/t19-,20?,21-;;;/m0.../s1. The fourth-order valence-electron chi connectivity index (χ4n) is 4.81. The molecule has 2 saturated heterocycles. The van der Waals surface area contributed by atoms with Gasteiger partial charge < -0.3 is 31.2 Å². The van der Waals surface area contributed by atoms with Crippen LogP contribution in [0.5, 0.6) is 0 Å². The molecule has 0 saturated carbocycles. The van der Waals surface area contributed by atoms with E-state index < -0.39 is 0 Å². The molecule has 0 radical (unpaired) electrons. The Morgan fingerprint density at radius 1 is 1.19 bits per heavy atom. The first-order valence-corrected chi connectivity index (χ1v) is 11.2. The van der Waals surface area contributed by atoms with Gasteiger partial charge in [0.25, 0.3) is 0 Å². The van der Waals surface area contributed by atoms with E-state index in [9.17, 15) is 9.90 Å². The minimum atomic E-state index is -0.383. The van der Waals surface area contributed by atoms with Gasteiger partial charge in [0, 0.05) is 37.2 Å². The van der Waals surface area contributed by atoms with Gasteiger partial charge in [0.1, 0.15) is 0 Å². The molecule has 3 rings (SSSR count). The summed E-state index contributed by atoms with van der Waals surface area (Å²) in [5.74, 6) is 0.859. The van der Waals surface area contributed by atoms with Gasteiger partial charge in [-0.25, -0.2) is 4.79 Å². The normalized spacial score (nSPS) is 23.5. The molecule has 2 amide bonds. The molecule has 7 nitrogen and oxygen atoms in total. The quantitative estimate of drug-likeness (QED) is 0.683. The van der Waals surface area contributed by atoms with Crippen LogP contribution in [-0.2, 0) is 0 Å². The first kappa shape index (κ1) is 30.6. The topological polar surface area (TPSA) is 119 Å². The predicted octanol–water partition coefficient (Wildman–Crippen LogP) is 2.94. The van der Waals surface area contributed by atoms with Gasteiger partial charge in [0.2, 0.25) is 0 Å². The summed E-state index contributed by atoms with van der Waals surface area (Å²) in [7, 11) is 0. The second-order valence-electron chi connectivity index (χ2n) is 9.81. The predicted molar refractivity (Wildman–Crippen MR) is 132 cm³/mol. The molecule has 2 aliphatic heterocycles. The molecule has 0 aromatic heterocycles. The van der Waals surface area contributed by atoms with Crippen LogP contribution in [0.1, 0.15) is 59.4 Å². The maximum absolute atomic E-state index is 12.6. The van der Waals surface area contributed by atoms with Crippen molar-refractivity contribution in [2.24, 2.45) is 11.3 Å². The number of aliphatic hydroxyl groups excluding tert-OH is 1. The fraction of sp³-hybridized carbons (Fsp3) is 0.708. The molecule has 1 aromatic rings. The highest BCUT2D eigenvalue weighted by molar-refractivity contribution is 6.30. The molecule has 0 aliphatic carbocycles. The van der Waals surface area contributed by atoms with E-state index in [1.165, 1.54) is 5.56 Å². The number of carbonyl (C=O) groups excluding carboxylic acids is 1. The number of benzene rings is 1. The van der Waals surface area contributed by atoms with E-state index in [1.807, 2.05) is 12.1 Å². The number of aliphatic hydroxyl groups is 1. The average molecular weight is 474 g/mol. The lowest BCUT2D eigenvalue weighted by Crippen LogP contribution is -2.54. The van der Waals surface area contributed by atoms with Gasteiger partial charge in [-0.15, -0.1) is 0 Å². The number of β-amino-alcohol motifs (C(OH)–C–C–N with tert-alkyl or cyclic N) is 1. The Bertz CT molecular complexity index is 699. The van der Waals surface area contributed by atoms with Crippen molar-refractivity contribution in [1.82, 2.24) is 15.1 Å². The van der Waals surface area contributed by atoms with E-state index in [4.69, 9.17) is 11.6 Å². The Morgan fingerprint density at radius 2 is 1.81 bits per heavy atom. The summed E-state index contributed by atoms with van der Waals surface area (Å²) in [6, 6.07) is 8.34. The second kappa shape index (κ2) is 12.8. The number of carbonyl (C=O) groups is 1. The summed E-state index contributed by atoms with van der Waals surface area (Å²) in [6.07, 6.45) is 1.39. The summed E-state index contributed by atoms with van der Waals surface area (Å²) in [5.41, 5.74) is 1.51. The summed E-state index contributed by atoms with van der Waals surface area (Å²) in [4.78, 5) is 16.8. The first-order valence-electron chi connectivity index (χ1n) is 10.9. The number of hydrogen-bond donors (Lipinski definition) is 2. The minimum Gasteiger partial charge on any atom is -0.412 e. The molecule has 2 aliphatic rings. The molecular weight excluding hydrogens is 430 g/mol. The molecule has 1 aromatic carbocycles.